The van der Waals surface area contributed by atoms with E-state index in [1.165, 1.54) is 29.8 Å². The molecule has 29 heavy (non-hydrogen) atoms. The summed E-state index contributed by atoms with van der Waals surface area (Å²) in [4.78, 5) is 37.7. The number of ketones is 1. The predicted molar refractivity (Wildman–Crippen MR) is 106 cm³/mol. The molecule has 7 nitrogen and oxygen atoms in total. The van der Waals surface area contributed by atoms with E-state index in [4.69, 9.17) is 4.42 Å². The Morgan fingerprint density at radius 1 is 1.10 bits per heavy atom. The number of anilines is 1. The second-order valence-electron chi connectivity index (χ2n) is 6.74. The number of Topliss-reactive ketones (excluding diaryl/α,β-unsaturated/α-hetero) is 1. The number of nitrogens with zero attached hydrogens (tertiary/aromatic N) is 2. The Balaban J connectivity index is 1.73. The maximum absolute atomic E-state index is 13.1. The second kappa shape index (κ2) is 7.05. The molecule has 3 aromatic rings. The molecule has 8 heteroatoms. The van der Waals surface area contributed by atoms with Gasteiger partial charge in [-0.05, 0) is 42.8 Å². The van der Waals surface area contributed by atoms with E-state index in [2.05, 4.69) is 5.32 Å². The van der Waals surface area contributed by atoms with Gasteiger partial charge in [0, 0.05) is 25.2 Å². The molecule has 0 unspecified atom stereocenters. The third kappa shape index (κ3) is 3.12. The highest BCUT2D eigenvalue weighted by Crippen LogP contribution is 2.28. The third-order valence-electron chi connectivity index (χ3n) is 4.76. The smallest absolute Gasteiger partial charge is 0.332 e. The van der Waals surface area contributed by atoms with E-state index in [1.807, 2.05) is 6.92 Å². The van der Waals surface area contributed by atoms with Crippen molar-refractivity contribution in [2.45, 2.75) is 19.9 Å². The van der Waals surface area contributed by atoms with Crippen molar-refractivity contribution < 1.29 is 13.6 Å². The number of halogens is 1. The lowest BCUT2D eigenvalue weighted by Crippen LogP contribution is -2.40. The zero-order valence-corrected chi connectivity index (χ0v) is 15.9. The van der Waals surface area contributed by atoms with E-state index < -0.39 is 17.0 Å². The summed E-state index contributed by atoms with van der Waals surface area (Å²) in [7, 11) is 1.35. The van der Waals surface area contributed by atoms with Crippen LogP contribution in [0.3, 0.4) is 0 Å². The number of fused-ring (bicyclic) bond motifs is 1. The summed E-state index contributed by atoms with van der Waals surface area (Å²) in [6.07, 6.45) is 2.15. The number of furan rings is 1. The Morgan fingerprint density at radius 3 is 2.52 bits per heavy atom. The molecule has 4 rings (SSSR count). The number of nitrogens with one attached hydrogen (secondary N) is 1. The molecule has 1 N–H and O–H groups in total. The summed E-state index contributed by atoms with van der Waals surface area (Å²) >= 11 is 0. The minimum absolute atomic E-state index is 0.0582. The lowest BCUT2D eigenvalue weighted by Gasteiger charge is -2.11. The Bertz CT molecular complexity index is 1260. The van der Waals surface area contributed by atoms with Crippen LogP contribution in [0.1, 0.15) is 29.5 Å². The molecular weight excluding hydrogens is 377 g/mol. The second-order valence-corrected chi connectivity index (χ2v) is 6.74. The van der Waals surface area contributed by atoms with Gasteiger partial charge in [0.25, 0.3) is 5.56 Å². The van der Waals surface area contributed by atoms with E-state index in [0.29, 0.717) is 30.0 Å². The van der Waals surface area contributed by atoms with Crippen molar-refractivity contribution in [3.8, 4) is 11.3 Å². The fourth-order valence-corrected chi connectivity index (χ4v) is 3.30. The first kappa shape index (κ1) is 18.7. The van der Waals surface area contributed by atoms with Gasteiger partial charge in [-0.1, -0.05) is 6.92 Å². The molecule has 0 bridgehead atoms. The molecule has 0 saturated heterocycles. The molecule has 0 atom stereocenters. The normalized spacial score (nSPS) is 14.3. The topological polar surface area (TPSA) is 86.2 Å². The van der Waals surface area contributed by atoms with Crippen molar-refractivity contribution in [2.24, 2.45) is 7.05 Å². The lowest BCUT2D eigenvalue weighted by molar-refractivity contribution is 0.104. The number of hydrogen-bond acceptors (Lipinski definition) is 5. The van der Waals surface area contributed by atoms with Crippen molar-refractivity contribution in [3.05, 3.63) is 80.1 Å². The van der Waals surface area contributed by atoms with Crippen LogP contribution in [0.25, 0.3) is 17.4 Å². The maximum Gasteiger partial charge on any atom is 0.332 e. The SMILES string of the molecule is CCCn1c2c(c(=O)n(C)c1=O)C(=O)/C(=C/c1ccc(-c3ccc(F)cc3)o1)N2. The van der Waals surface area contributed by atoms with E-state index >= 15 is 0 Å². The van der Waals surface area contributed by atoms with E-state index in [0.717, 1.165) is 4.57 Å². The summed E-state index contributed by atoms with van der Waals surface area (Å²) < 4.78 is 21.2. The van der Waals surface area contributed by atoms with Gasteiger partial charge >= 0.3 is 5.69 Å². The van der Waals surface area contributed by atoms with Gasteiger partial charge in [0.05, 0.1) is 5.70 Å². The largest absolute Gasteiger partial charge is 0.457 e. The Hall–Kier alpha value is -3.68. The van der Waals surface area contributed by atoms with Crippen LogP contribution < -0.4 is 16.6 Å². The van der Waals surface area contributed by atoms with Gasteiger partial charge in [-0.15, -0.1) is 0 Å². The molecule has 2 aromatic heterocycles. The minimum atomic E-state index is -0.635. The van der Waals surface area contributed by atoms with E-state index in [9.17, 15) is 18.8 Å². The lowest BCUT2D eigenvalue weighted by atomic mass is 10.2. The molecular formula is C21H18FN3O4. The van der Waals surface area contributed by atoms with Crippen molar-refractivity contribution in [3.63, 3.8) is 0 Å². The van der Waals surface area contributed by atoms with Gasteiger partial charge in [-0.3, -0.25) is 18.7 Å². The average Bonchev–Trinajstić information content (AvgIpc) is 3.29. The molecule has 0 fully saturated rings. The van der Waals surface area contributed by atoms with Crippen LogP contribution in [0.5, 0.6) is 0 Å². The molecule has 3 heterocycles. The summed E-state index contributed by atoms with van der Waals surface area (Å²) in [5.74, 6) is 0.264. The van der Waals surface area contributed by atoms with Gasteiger partial charge in [-0.2, -0.15) is 0 Å². The van der Waals surface area contributed by atoms with Crippen LogP contribution >= 0.6 is 0 Å². The molecule has 148 valence electrons. The van der Waals surface area contributed by atoms with Gasteiger partial charge in [0.1, 0.15) is 28.7 Å². The predicted octanol–water partition coefficient (Wildman–Crippen LogP) is 3.01. The third-order valence-corrected chi connectivity index (χ3v) is 4.76. The number of carbonyl (C=O) groups excluding carboxylic acids is 1. The molecule has 1 aliphatic heterocycles. The van der Waals surface area contributed by atoms with Crippen molar-refractivity contribution >= 4 is 17.7 Å². The zero-order chi connectivity index (χ0) is 20.7. The van der Waals surface area contributed by atoms with Gasteiger partial charge in [0.2, 0.25) is 5.78 Å². The summed E-state index contributed by atoms with van der Waals surface area (Å²) in [6.45, 7) is 2.27. The standard InChI is InChI=1S/C21H18FN3O4/c1-3-10-25-19-17(20(27)24(2)21(25)28)18(26)15(23-19)11-14-8-9-16(29-14)12-4-6-13(22)7-5-12/h4-9,11,23H,3,10H2,1-2H3/b15-11-. The zero-order valence-electron chi connectivity index (χ0n) is 15.9. The van der Waals surface area contributed by atoms with Crippen LogP contribution in [0.15, 0.2) is 56.1 Å². The van der Waals surface area contributed by atoms with Gasteiger partial charge in [-0.25, -0.2) is 9.18 Å². The molecule has 0 amide bonds. The van der Waals surface area contributed by atoms with Crippen LogP contribution in [0.4, 0.5) is 10.2 Å². The first-order valence-corrected chi connectivity index (χ1v) is 9.13. The summed E-state index contributed by atoms with van der Waals surface area (Å²) in [5.41, 5.74) is -0.334. The van der Waals surface area contributed by atoms with E-state index in [1.54, 1.807) is 24.3 Å². The molecule has 0 aliphatic carbocycles. The highest BCUT2D eigenvalue weighted by molar-refractivity contribution is 6.19. The maximum atomic E-state index is 13.1. The minimum Gasteiger partial charge on any atom is -0.457 e. The van der Waals surface area contributed by atoms with Crippen LogP contribution in [-0.4, -0.2) is 14.9 Å². The fraction of sp³-hybridized carbons (Fsp3) is 0.190. The molecule has 1 aliphatic rings. The Kier molecular flexibility index (Phi) is 4.54. The monoisotopic (exact) mass is 395 g/mol. The van der Waals surface area contributed by atoms with Gasteiger partial charge in [0.15, 0.2) is 0 Å². The highest BCUT2D eigenvalue weighted by Gasteiger charge is 2.32. The number of rotatable bonds is 4. The highest BCUT2D eigenvalue weighted by atomic mass is 19.1. The molecule has 1 aromatic carbocycles. The van der Waals surface area contributed by atoms with Crippen molar-refractivity contribution in [2.75, 3.05) is 5.32 Å². The quantitative estimate of drug-likeness (QED) is 0.687. The molecule has 0 radical (unpaired) electrons. The molecule has 0 saturated carbocycles. The Labute approximate surface area is 164 Å². The van der Waals surface area contributed by atoms with Crippen LogP contribution in [0, 0.1) is 5.82 Å². The summed E-state index contributed by atoms with van der Waals surface area (Å²) in [6, 6.07) is 9.22. The average molecular weight is 395 g/mol. The van der Waals surface area contributed by atoms with Crippen LogP contribution in [-0.2, 0) is 13.6 Å². The summed E-state index contributed by atoms with van der Waals surface area (Å²) in [5, 5.41) is 2.90. The number of benzene rings is 1. The number of aromatic nitrogens is 2. The Morgan fingerprint density at radius 2 is 1.83 bits per heavy atom. The van der Waals surface area contributed by atoms with Crippen molar-refractivity contribution in [1.29, 1.82) is 0 Å². The van der Waals surface area contributed by atoms with Gasteiger partial charge < -0.3 is 9.73 Å². The number of hydrogen-bond donors (Lipinski definition) is 1. The van der Waals surface area contributed by atoms with E-state index in [-0.39, 0.29) is 22.9 Å². The first-order valence-electron chi connectivity index (χ1n) is 9.13. The fourth-order valence-electron chi connectivity index (χ4n) is 3.30. The molecule has 0 spiro atoms. The number of allylic oxidation sites excluding steroid dienone is 1. The number of carbonyl (C=O) groups is 1. The van der Waals surface area contributed by atoms with Crippen molar-refractivity contribution in [1.82, 2.24) is 9.13 Å². The van der Waals surface area contributed by atoms with Crippen LogP contribution in [0.2, 0.25) is 0 Å². The first-order chi connectivity index (χ1) is 13.9.